The molecule has 3 heteroatoms. The normalized spacial score (nSPS) is 27.5. The van der Waals surface area contributed by atoms with Gasteiger partial charge in [-0.2, -0.15) is 0 Å². The number of carbonyl (C=O) groups is 1. The molecule has 2 heterocycles. The van der Waals surface area contributed by atoms with Gasteiger partial charge in [-0.1, -0.05) is 6.92 Å². The largest absolute Gasteiger partial charge is 0.309 e. The van der Waals surface area contributed by atoms with Gasteiger partial charge in [0.25, 0.3) is 0 Å². The number of piperidine rings is 1. The molecular formula is C11H15NOS. The number of thiophene rings is 1. The predicted molar refractivity (Wildman–Crippen MR) is 58.8 cm³/mol. The van der Waals surface area contributed by atoms with Crippen LogP contribution in [0.25, 0.3) is 0 Å². The van der Waals surface area contributed by atoms with E-state index in [4.69, 9.17) is 0 Å². The standard InChI is InChI=1S/C11H15NOS/c1-8-4-5-12-10(6-8)11-3-2-9(7-13)14-11/h2-3,7-8,10,12H,4-6H2,1H3. The summed E-state index contributed by atoms with van der Waals surface area (Å²) in [5, 5.41) is 3.50. The third-order valence-electron chi connectivity index (χ3n) is 2.77. The second-order valence-corrected chi connectivity index (χ2v) is 5.14. The minimum Gasteiger partial charge on any atom is -0.309 e. The van der Waals surface area contributed by atoms with E-state index in [-0.39, 0.29) is 0 Å². The van der Waals surface area contributed by atoms with Gasteiger partial charge in [-0.05, 0) is 37.4 Å². The van der Waals surface area contributed by atoms with Crippen LogP contribution in [-0.4, -0.2) is 12.8 Å². The van der Waals surface area contributed by atoms with Gasteiger partial charge in [0.1, 0.15) is 0 Å². The van der Waals surface area contributed by atoms with Gasteiger partial charge < -0.3 is 5.32 Å². The molecule has 0 aromatic carbocycles. The third-order valence-corrected chi connectivity index (χ3v) is 3.90. The van der Waals surface area contributed by atoms with Crippen molar-refractivity contribution in [1.82, 2.24) is 5.32 Å². The Morgan fingerprint density at radius 3 is 3.07 bits per heavy atom. The predicted octanol–water partition coefficient (Wildman–Crippen LogP) is 2.62. The summed E-state index contributed by atoms with van der Waals surface area (Å²) < 4.78 is 0. The van der Waals surface area contributed by atoms with E-state index < -0.39 is 0 Å². The van der Waals surface area contributed by atoms with E-state index in [1.807, 2.05) is 6.07 Å². The van der Waals surface area contributed by atoms with Crippen LogP contribution in [0.2, 0.25) is 0 Å². The van der Waals surface area contributed by atoms with Gasteiger partial charge >= 0.3 is 0 Å². The van der Waals surface area contributed by atoms with E-state index in [9.17, 15) is 4.79 Å². The molecule has 76 valence electrons. The maximum absolute atomic E-state index is 10.6. The molecule has 1 N–H and O–H groups in total. The van der Waals surface area contributed by atoms with Gasteiger partial charge in [0.15, 0.2) is 6.29 Å². The average Bonchev–Trinajstić information content (AvgIpc) is 2.66. The Balaban J connectivity index is 2.09. The topological polar surface area (TPSA) is 29.1 Å². The average molecular weight is 209 g/mol. The fraction of sp³-hybridized carbons (Fsp3) is 0.545. The van der Waals surface area contributed by atoms with Crippen molar-refractivity contribution in [3.8, 4) is 0 Å². The first-order chi connectivity index (χ1) is 6.79. The molecule has 0 bridgehead atoms. The number of hydrogen-bond donors (Lipinski definition) is 1. The molecule has 2 unspecified atom stereocenters. The van der Waals surface area contributed by atoms with Crippen LogP contribution in [0.4, 0.5) is 0 Å². The zero-order valence-electron chi connectivity index (χ0n) is 8.32. The monoisotopic (exact) mass is 209 g/mol. The molecule has 0 aliphatic carbocycles. The van der Waals surface area contributed by atoms with Gasteiger partial charge in [0, 0.05) is 10.9 Å². The summed E-state index contributed by atoms with van der Waals surface area (Å²) in [6.45, 7) is 3.39. The molecule has 2 atom stereocenters. The summed E-state index contributed by atoms with van der Waals surface area (Å²) >= 11 is 1.61. The molecule has 0 spiro atoms. The number of hydrogen-bond acceptors (Lipinski definition) is 3. The van der Waals surface area contributed by atoms with Crippen molar-refractivity contribution in [2.45, 2.75) is 25.8 Å². The maximum atomic E-state index is 10.6. The Kier molecular flexibility index (Phi) is 2.99. The fourth-order valence-electron chi connectivity index (χ4n) is 1.94. The first kappa shape index (κ1) is 9.87. The molecular weight excluding hydrogens is 194 g/mol. The highest BCUT2D eigenvalue weighted by Gasteiger charge is 2.20. The number of aldehydes is 1. The summed E-state index contributed by atoms with van der Waals surface area (Å²) in [7, 11) is 0. The maximum Gasteiger partial charge on any atom is 0.160 e. The van der Waals surface area contributed by atoms with Crippen LogP contribution >= 0.6 is 11.3 Å². The lowest BCUT2D eigenvalue weighted by atomic mass is 9.93. The van der Waals surface area contributed by atoms with Crippen molar-refractivity contribution in [2.24, 2.45) is 5.92 Å². The Morgan fingerprint density at radius 1 is 1.57 bits per heavy atom. The Morgan fingerprint density at radius 2 is 2.43 bits per heavy atom. The lowest BCUT2D eigenvalue weighted by Crippen LogP contribution is -2.30. The highest BCUT2D eigenvalue weighted by atomic mass is 32.1. The van der Waals surface area contributed by atoms with Crippen LogP contribution in [0.5, 0.6) is 0 Å². The molecule has 1 aliphatic heterocycles. The quantitative estimate of drug-likeness (QED) is 0.759. The van der Waals surface area contributed by atoms with Crippen molar-refractivity contribution in [3.63, 3.8) is 0 Å². The Bertz CT molecular complexity index is 321. The van der Waals surface area contributed by atoms with E-state index in [0.29, 0.717) is 6.04 Å². The summed E-state index contributed by atoms with van der Waals surface area (Å²) in [6, 6.07) is 4.45. The summed E-state index contributed by atoms with van der Waals surface area (Å²) in [5.41, 5.74) is 0. The Hall–Kier alpha value is -0.670. The van der Waals surface area contributed by atoms with E-state index in [2.05, 4.69) is 18.3 Å². The molecule has 1 saturated heterocycles. The van der Waals surface area contributed by atoms with Gasteiger partial charge in [0.05, 0.1) is 4.88 Å². The molecule has 0 saturated carbocycles. The minimum absolute atomic E-state index is 0.470. The van der Waals surface area contributed by atoms with Crippen LogP contribution in [0.15, 0.2) is 12.1 Å². The Labute approximate surface area is 88.3 Å². The first-order valence-electron chi connectivity index (χ1n) is 5.08. The zero-order valence-corrected chi connectivity index (χ0v) is 9.14. The van der Waals surface area contributed by atoms with E-state index in [0.717, 1.165) is 23.6 Å². The molecule has 1 aromatic rings. The number of rotatable bonds is 2. The van der Waals surface area contributed by atoms with Crippen molar-refractivity contribution < 1.29 is 4.79 Å². The van der Waals surface area contributed by atoms with Crippen molar-refractivity contribution in [1.29, 1.82) is 0 Å². The minimum atomic E-state index is 0.470. The fourth-order valence-corrected chi connectivity index (χ4v) is 2.86. The highest BCUT2D eigenvalue weighted by Crippen LogP contribution is 2.30. The van der Waals surface area contributed by atoms with Crippen LogP contribution in [0.1, 0.15) is 40.4 Å². The summed E-state index contributed by atoms with van der Waals surface area (Å²) in [5.74, 6) is 0.794. The van der Waals surface area contributed by atoms with Crippen molar-refractivity contribution in [3.05, 3.63) is 21.9 Å². The molecule has 1 aliphatic rings. The van der Waals surface area contributed by atoms with Crippen LogP contribution in [0.3, 0.4) is 0 Å². The van der Waals surface area contributed by atoms with Gasteiger partial charge in [0.2, 0.25) is 0 Å². The molecule has 1 aromatic heterocycles. The van der Waals surface area contributed by atoms with E-state index >= 15 is 0 Å². The molecule has 0 amide bonds. The van der Waals surface area contributed by atoms with E-state index in [1.54, 1.807) is 11.3 Å². The lowest BCUT2D eigenvalue weighted by molar-refractivity contribution is 0.112. The van der Waals surface area contributed by atoms with Gasteiger partial charge in [-0.15, -0.1) is 11.3 Å². The van der Waals surface area contributed by atoms with Crippen LogP contribution in [-0.2, 0) is 0 Å². The zero-order chi connectivity index (χ0) is 9.97. The highest BCUT2D eigenvalue weighted by molar-refractivity contribution is 7.13. The molecule has 2 nitrogen and oxygen atoms in total. The first-order valence-corrected chi connectivity index (χ1v) is 5.89. The van der Waals surface area contributed by atoms with Gasteiger partial charge in [-0.25, -0.2) is 0 Å². The van der Waals surface area contributed by atoms with Crippen molar-refractivity contribution in [2.75, 3.05) is 6.54 Å². The van der Waals surface area contributed by atoms with E-state index in [1.165, 1.54) is 17.7 Å². The number of carbonyl (C=O) groups excluding carboxylic acids is 1. The second-order valence-electron chi connectivity index (χ2n) is 3.99. The molecule has 1 fully saturated rings. The van der Waals surface area contributed by atoms with Crippen LogP contribution < -0.4 is 5.32 Å². The molecule has 0 radical (unpaired) electrons. The summed E-state index contributed by atoms with van der Waals surface area (Å²) in [6.07, 6.45) is 3.39. The SMILES string of the molecule is CC1CCNC(c2ccc(C=O)s2)C1. The third kappa shape index (κ3) is 2.04. The lowest BCUT2D eigenvalue weighted by Gasteiger charge is -2.27. The smallest absolute Gasteiger partial charge is 0.160 e. The van der Waals surface area contributed by atoms with Crippen LogP contribution in [0, 0.1) is 5.92 Å². The molecule has 14 heavy (non-hydrogen) atoms. The number of nitrogens with one attached hydrogen (secondary N) is 1. The second kappa shape index (κ2) is 4.24. The van der Waals surface area contributed by atoms with Crippen molar-refractivity contribution >= 4 is 17.6 Å². The summed E-state index contributed by atoms with van der Waals surface area (Å²) in [4.78, 5) is 12.7. The molecule has 2 rings (SSSR count). The van der Waals surface area contributed by atoms with Gasteiger partial charge in [-0.3, -0.25) is 4.79 Å².